The summed E-state index contributed by atoms with van der Waals surface area (Å²) in [6.07, 6.45) is 0.572. The number of guanidine groups is 2. The van der Waals surface area contributed by atoms with Gasteiger partial charge in [-0.05, 0) is 37.2 Å². The molecule has 0 aliphatic rings. The number of carboxylic acid groups (broad SMARTS) is 2. The summed E-state index contributed by atoms with van der Waals surface area (Å²) in [5, 5.41) is 29.0. The Morgan fingerprint density at radius 3 is 1.68 bits per heavy atom. The maximum atomic E-state index is 13.3. The third kappa shape index (κ3) is 14.7. The first-order chi connectivity index (χ1) is 20.7. The monoisotopic (exact) mass is 620 g/mol. The van der Waals surface area contributed by atoms with E-state index < -0.39 is 59.9 Å². The number of rotatable bonds is 19. The molecule has 1 aromatic carbocycles. The topological polar surface area (TPSA) is 303 Å². The quantitative estimate of drug-likeness (QED) is 0.0466. The zero-order valence-electron chi connectivity index (χ0n) is 24.9. The third-order valence-electron chi connectivity index (χ3n) is 6.26. The molecule has 0 unspecified atom stereocenters. The van der Waals surface area contributed by atoms with Crippen LogP contribution in [-0.2, 0) is 25.6 Å². The molecular formula is C27H44N10O7. The molecule has 1 rings (SSSR count). The van der Waals surface area contributed by atoms with Crippen molar-refractivity contribution in [2.24, 2.45) is 38.8 Å². The number of carbonyl (C=O) groups is 5. The van der Waals surface area contributed by atoms with Crippen LogP contribution in [0.1, 0.15) is 45.1 Å². The summed E-state index contributed by atoms with van der Waals surface area (Å²) < 4.78 is 0. The lowest BCUT2D eigenvalue weighted by Crippen LogP contribution is -2.59. The van der Waals surface area contributed by atoms with Gasteiger partial charge in [-0.25, -0.2) is 14.4 Å². The molecular weight excluding hydrogens is 576 g/mol. The summed E-state index contributed by atoms with van der Waals surface area (Å²) in [7, 11) is 0. The van der Waals surface area contributed by atoms with E-state index in [1.165, 1.54) is 0 Å². The van der Waals surface area contributed by atoms with Crippen molar-refractivity contribution in [1.82, 2.24) is 21.3 Å². The van der Waals surface area contributed by atoms with E-state index in [9.17, 15) is 34.2 Å². The number of nitrogens with one attached hydrogen (secondary N) is 4. The number of benzene rings is 1. The Bertz CT molecular complexity index is 1170. The molecule has 1 aromatic rings. The Kier molecular flexibility index (Phi) is 16.1. The van der Waals surface area contributed by atoms with Gasteiger partial charge in [0.1, 0.15) is 24.2 Å². The highest BCUT2D eigenvalue weighted by atomic mass is 16.4. The van der Waals surface area contributed by atoms with Crippen LogP contribution < -0.4 is 44.2 Å². The van der Waals surface area contributed by atoms with E-state index in [0.29, 0.717) is 5.56 Å². The average molecular weight is 621 g/mol. The van der Waals surface area contributed by atoms with Crippen LogP contribution in [-0.4, -0.2) is 89.2 Å². The molecule has 14 N–H and O–H groups in total. The molecule has 0 bridgehead atoms. The summed E-state index contributed by atoms with van der Waals surface area (Å²) in [5.41, 5.74) is 21.9. The van der Waals surface area contributed by atoms with Gasteiger partial charge in [0.15, 0.2) is 11.9 Å². The molecule has 17 heteroatoms. The molecule has 17 nitrogen and oxygen atoms in total. The molecule has 0 aliphatic heterocycles. The van der Waals surface area contributed by atoms with Crippen LogP contribution in [0.3, 0.4) is 0 Å². The molecule has 4 atom stereocenters. The lowest BCUT2D eigenvalue weighted by atomic mass is 10.0. The lowest BCUT2D eigenvalue weighted by molar-refractivity contribution is -0.142. The maximum Gasteiger partial charge on any atom is 0.326 e. The second-order valence-corrected chi connectivity index (χ2v) is 10.3. The molecule has 244 valence electrons. The van der Waals surface area contributed by atoms with Gasteiger partial charge >= 0.3 is 18.0 Å². The van der Waals surface area contributed by atoms with Crippen molar-refractivity contribution in [3.05, 3.63) is 35.9 Å². The van der Waals surface area contributed by atoms with Crippen LogP contribution in [0.5, 0.6) is 0 Å². The SMILES string of the molecule is CC(C)[C@H](NC(=O)[C@H](CCCN=C(N)N)NC(=O)N[C@@H](Cc1ccccc1)C(=O)O)C(=O)N[C@@H](CCCN=C(N)N)C(=O)O. The number of carbonyl (C=O) groups excluding carboxylic acids is 3. The number of carboxylic acids is 2. The maximum absolute atomic E-state index is 13.3. The highest BCUT2D eigenvalue weighted by Crippen LogP contribution is 2.08. The zero-order valence-corrected chi connectivity index (χ0v) is 24.9. The molecule has 0 saturated carbocycles. The van der Waals surface area contributed by atoms with Gasteiger partial charge in [0.25, 0.3) is 0 Å². The minimum atomic E-state index is -1.29. The number of hydrogen-bond acceptors (Lipinski definition) is 7. The Morgan fingerprint density at radius 1 is 0.705 bits per heavy atom. The molecule has 0 saturated heterocycles. The predicted molar refractivity (Wildman–Crippen MR) is 163 cm³/mol. The smallest absolute Gasteiger partial charge is 0.326 e. The Balaban J connectivity index is 3.02. The summed E-state index contributed by atoms with van der Waals surface area (Å²) in [6, 6.07) is 2.78. The zero-order chi connectivity index (χ0) is 33.2. The van der Waals surface area contributed by atoms with Gasteiger partial charge in [-0.1, -0.05) is 44.2 Å². The minimum absolute atomic E-state index is 0.00273. The number of nitrogens with zero attached hydrogens (tertiary/aromatic N) is 2. The van der Waals surface area contributed by atoms with Crippen molar-refractivity contribution in [1.29, 1.82) is 0 Å². The summed E-state index contributed by atoms with van der Waals surface area (Å²) in [6.45, 7) is 3.59. The van der Waals surface area contributed by atoms with Gasteiger partial charge in [-0.3, -0.25) is 19.6 Å². The molecule has 44 heavy (non-hydrogen) atoms. The first kappa shape index (κ1) is 36.9. The summed E-state index contributed by atoms with van der Waals surface area (Å²) >= 11 is 0. The molecule has 0 aliphatic carbocycles. The molecule has 0 spiro atoms. The van der Waals surface area contributed by atoms with E-state index in [1.807, 2.05) is 0 Å². The third-order valence-corrected chi connectivity index (χ3v) is 6.26. The second kappa shape index (κ2) is 19.2. The van der Waals surface area contributed by atoms with Crippen molar-refractivity contribution in [3.8, 4) is 0 Å². The van der Waals surface area contributed by atoms with Crippen LogP contribution in [0.25, 0.3) is 0 Å². The first-order valence-electron chi connectivity index (χ1n) is 14.0. The van der Waals surface area contributed by atoms with E-state index in [4.69, 9.17) is 22.9 Å². The Morgan fingerprint density at radius 2 is 1.20 bits per heavy atom. The van der Waals surface area contributed by atoms with E-state index in [-0.39, 0.29) is 57.1 Å². The fourth-order valence-electron chi connectivity index (χ4n) is 3.99. The van der Waals surface area contributed by atoms with Crippen molar-refractivity contribution >= 4 is 41.7 Å². The largest absolute Gasteiger partial charge is 0.480 e. The number of aliphatic imine (C=N–C) groups is 2. The van der Waals surface area contributed by atoms with E-state index >= 15 is 0 Å². The molecule has 0 fully saturated rings. The summed E-state index contributed by atoms with van der Waals surface area (Å²) in [5.74, 6) is -4.85. The highest BCUT2D eigenvalue weighted by molar-refractivity contribution is 5.93. The van der Waals surface area contributed by atoms with Crippen molar-refractivity contribution in [2.75, 3.05) is 13.1 Å². The predicted octanol–water partition coefficient (Wildman–Crippen LogP) is -1.83. The number of aliphatic carboxylic acids is 2. The van der Waals surface area contributed by atoms with Gasteiger partial charge in [0, 0.05) is 19.5 Å². The van der Waals surface area contributed by atoms with Gasteiger partial charge in [0.05, 0.1) is 0 Å². The fraction of sp³-hybridized carbons (Fsp3) is 0.519. The van der Waals surface area contributed by atoms with Crippen LogP contribution in [0.2, 0.25) is 0 Å². The molecule has 4 amide bonds. The average Bonchev–Trinajstić information content (AvgIpc) is 2.94. The highest BCUT2D eigenvalue weighted by Gasteiger charge is 2.31. The standard InChI is InChI=1S/C27H44N10O7/c1-15(2)20(22(39)34-18(23(40)41)11-7-13-33-26(30)31)37-21(38)17(10-6-12-32-25(28)29)35-27(44)36-19(24(42)43)14-16-8-4-3-5-9-16/h3-5,8-9,15,17-20H,6-7,10-14H2,1-2H3,(H,34,39)(H,37,38)(H,40,41)(H,42,43)(H4,28,29,32)(H4,30,31,33)(H2,35,36,44)/t17-,18-,19-,20-/m0/s1. The number of nitrogens with two attached hydrogens (primary N) is 4. The van der Waals surface area contributed by atoms with Gasteiger partial charge in [-0.2, -0.15) is 0 Å². The van der Waals surface area contributed by atoms with E-state index in [1.54, 1.807) is 44.2 Å². The van der Waals surface area contributed by atoms with Crippen LogP contribution in [0.4, 0.5) is 4.79 Å². The van der Waals surface area contributed by atoms with E-state index in [2.05, 4.69) is 31.3 Å². The van der Waals surface area contributed by atoms with Crippen LogP contribution >= 0.6 is 0 Å². The van der Waals surface area contributed by atoms with Crippen molar-refractivity contribution < 1.29 is 34.2 Å². The van der Waals surface area contributed by atoms with Crippen molar-refractivity contribution in [2.45, 2.75) is 70.1 Å². The Hall–Kier alpha value is -5.09. The Labute approximate surface area is 255 Å². The summed E-state index contributed by atoms with van der Waals surface area (Å²) in [4.78, 5) is 70.5. The van der Waals surface area contributed by atoms with Gasteiger partial charge in [0.2, 0.25) is 11.8 Å². The van der Waals surface area contributed by atoms with Crippen LogP contribution in [0, 0.1) is 5.92 Å². The molecule has 0 heterocycles. The fourth-order valence-corrected chi connectivity index (χ4v) is 3.99. The van der Waals surface area contributed by atoms with Crippen LogP contribution in [0.15, 0.2) is 40.3 Å². The number of urea groups is 1. The molecule has 0 aromatic heterocycles. The molecule has 0 radical (unpaired) electrons. The first-order valence-corrected chi connectivity index (χ1v) is 14.0. The van der Waals surface area contributed by atoms with Crippen molar-refractivity contribution in [3.63, 3.8) is 0 Å². The van der Waals surface area contributed by atoms with Gasteiger partial charge in [-0.15, -0.1) is 0 Å². The van der Waals surface area contributed by atoms with E-state index in [0.717, 1.165) is 0 Å². The van der Waals surface area contributed by atoms with Gasteiger partial charge < -0.3 is 54.4 Å². The minimum Gasteiger partial charge on any atom is -0.480 e. The number of hydrogen-bond donors (Lipinski definition) is 10. The second-order valence-electron chi connectivity index (χ2n) is 10.3. The lowest BCUT2D eigenvalue weighted by Gasteiger charge is -2.27. The number of amides is 4. The normalized spacial score (nSPS) is 13.3.